The second kappa shape index (κ2) is 3.81. The highest BCUT2D eigenvalue weighted by atomic mass is 32.2. The number of sulfonamides is 1. The minimum Gasteiger partial charge on any atom is -0.456 e. The standard InChI is InChI=1S/C12H10N2O3S/c13-14-18(15,16)8-5-6-12-10(7-8)9-3-1-2-4-11(9)17-12/h1-7,14H,13H2. The second-order valence-corrected chi connectivity index (χ2v) is 5.59. The van der Waals surface area contributed by atoms with Gasteiger partial charge in [0.05, 0.1) is 4.90 Å². The van der Waals surface area contributed by atoms with Crippen molar-refractivity contribution < 1.29 is 12.8 Å². The molecule has 0 spiro atoms. The van der Waals surface area contributed by atoms with Gasteiger partial charge in [-0.2, -0.15) is 4.83 Å². The maximum atomic E-state index is 11.6. The van der Waals surface area contributed by atoms with E-state index in [1.165, 1.54) is 6.07 Å². The first-order valence-corrected chi connectivity index (χ1v) is 6.74. The summed E-state index contributed by atoms with van der Waals surface area (Å²) < 4.78 is 28.9. The van der Waals surface area contributed by atoms with Crippen LogP contribution in [-0.2, 0) is 10.0 Å². The van der Waals surface area contributed by atoms with E-state index in [1.807, 2.05) is 24.3 Å². The Morgan fingerprint density at radius 1 is 1.00 bits per heavy atom. The van der Waals surface area contributed by atoms with Crippen LogP contribution in [0.5, 0.6) is 0 Å². The molecular formula is C12H10N2O3S. The molecule has 0 aliphatic rings. The van der Waals surface area contributed by atoms with E-state index < -0.39 is 10.0 Å². The molecule has 2 aromatic carbocycles. The van der Waals surface area contributed by atoms with Gasteiger partial charge in [-0.05, 0) is 24.3 Å². The molecule has 18 heavy (non-hydrogen) atoms. The molecule has 0 saturated carbocycles. The first-order chi connectivity index (χ1) is 8.62. The van der Waals surface area contributed by atoms with E-state index in [0.717, 1.165) is 16.4 Å². The number of hydrazine groups is 1. The number of benzene rings is 2. The van der Waals surface area contributed by atoms with E-state index in [2.05, 4.69) is 0 Å². The first-order valence-electron chi connectivity index (χ1n) is 5.25. The van der Waals surface area contributed by atoms with E-state index in [4.69, 9.17) is 10.3 Å². The van der Waals surface area contributed by atoms with Crippen LogP contribution in [0, 0.1) is 0 Å². The Labute approximate surface area is 103 Å². The van der Waals surface area contributed by atoms with Crippen LogP contribution >= 0.6 is 0 Å². The van der Waals surface area contributed by atoms with Crippen molar-refractivity contribution in [2.75, 3.05) is 0 Å². The normalized spacial score (nSPS) is 12.3. The third-order valence-corrected chi connectivity index (χ3v) is 4.00. The summed E-state index contributed by atoms with van der Waals surface area (Å²) in [6.07, 6.45) is 0. The quantitative estimate of drug-likeness (QED) is 0.544. The van der Waals surface area contributed by atoms with Crippen LogP contribution in [0.25, 0.3) is 21.9 Å². The number of nitrogens with two attached hydrogens (primary N) is 1. The summed E-state index contributed by atoms with van der Waals surface area (Å²) in [5.74, 6) is 5.01. The van der Waals surface area contributed by atoms with Gasteiger partial charge in [0, 0.05) is 10.8 Å². The first kappa shape index (κ1) is 11.2. The molecule has 0 saturated heterocycles. The SMILES string of the molecule is NNS(=O)(=O)c1ccc2oc3ccccc3c2c1. The van der Waals surface area contributed by atoms with Gasteiger partial charge in [0.1, 0.15) is 11.2 Å². The van der Waals surface area contributed by atoms with Gasteiger partial charge in [0.2, 0.25) is 0 Å². The van der Waals surface area contributed by atoms with Crippen molar-refractivity contribution in [1.82, 2.24) is 4.83 Å². The number of para-hydroxylation sites is 1. The van der Waals surface area contributed by atoms with Gasteiger partial charge in [-0.15, -0.1) is 0 Å². The summed E-state index contributed by atoms with van der Waals surface area (Å²) in [5, 5.41) is 1.63. The van der Waals surface area contributed by atoms with Crippen LogP contribution in [0.15, 0.2) is 51.8 Å². The molecule has 0 fully saturated rings. The molecule has 3 N–H and O–H groups in total. The van der Waals surface area contributed by atoms with Crippen molar-refractivity contribution in [3.05, 3.63) is 42.5 Å². The predicted molar refractivity (Wildman–Crippen MR) is 68.2 cm³/mol. The van der Waals surface area contributed by atoms with E-state index in [9.17, 15) is 8.42 Å². The molecule has 0 aliphatic carbocycles. The van der Waals surface area contributed by atoms with E-state index >= 15 is 0 Å². The minimum atomic E-state index is -3.65. The third kappa shape index (κ3) is 1.59. The number of fused-ring (bicyclic) bond motifs is 3. The zero-order valence-corrected chi connectivity index (χ0v) is 10.1. The molecular weight excluding hydrogens is 252 g/mol. The topological polar surface area (TPSA) is 85.3 Å². The van der Waals surface area contributed by atoms with Crippen molar-refractivity contribution in [2.24, 2.45) is 5.84 Å². The van der Waals surface area contributed by atoms with Gasteiger partial charge in [-0.3, -0.25) is 5.84 Å². The van der Waals surface area contributed by atoms with Crippen LogP contribution in [0.2, 0.25) is 0 Å². The Morgan fingerprint density at radius 3 is 2.50 bits per heavy atom. The fourth-order valence-electron chi connectivity index (χ4n) is 1.94. The smallest absolute Gasteiger partial charge is 0.253 e. The van der Waals surface area contributed by atoms with Crippen molar-refractivity contribution in [3.8, 4) is 0 Å². The lowest BCUT2D eigenvalue weighted by Gasteiger charge is -2.01. The number of hydrogen-bond donors (Lipinski definition) is 2. The molecule has 5 nitrogen and oxygen atoms in total. The fourth-order valence-corrected chi connectivity index (χ4v) is 2.60. The second-order valence-electron chi connectivity index (χ2n) is 3.88. The lowest BCUT2D eigenvalue weighted by atomic mass is 10.1. The summed E-state index contributed by atoms with van der Waals surface area (Å²) in [6, 6.07) is 12.1. The van der Waals surface area contributed by atoms with E-state index in [0.29, 0.717) is 5.58 Å². The Balaban J connectivity index is 2.38. The van der Waals surface area contributed by atoms with E-state index in [-0.39, 0.29) is 4.90 Å². The number of hydrogen-bond acceptors (Lipinski definition) is 4. The van der Waals surface area contributed by atoms with Crippen molar-refractivity contribution in [1.29, 1.82) is 0 Å². The molecule has 0 aliphatic heterocycles. The van der Waals surface area contributed by atoms with Crippen LogP contribution < -0.4 is 10.7 Å². The maximum Gasteiger partial charge on any atom is 0.253 e. The lowest BCUT2D eigenvalue weighted by molar-refractivity contribution is 0.584. The van der Waals surface area contributed by atoms with Crippen LogP contribution in [-0.4, -0.2) is 8.42 Å². The van der Waals surface area contributed by atoms with Crippen LogP contribution in [0.4, 0.5) is 0 Å². The number of furan rings is 1. The molecule has 0 amide bonds. The molecule has 92 valence electrons. The molecule has 3 rings (SSSR count). The van der Waals surface area contributed by atoms with Crippen molar-refractivity contribution >= 4 is 32.0 Å². The highest BCUT2D eigenvalue weighted by Gasteiger charge is 2.14. The largest absolute Gasteiger partial charge is 0.456 e. The molecule has 6 heteroatoms. The van der Waals surface area contributed by atoms with E-state index in [1.54, 1.807) is 17.0 Å². The summed E-state index contributed by atoms with van der Waals surface area (Å²) >= 11 is 0. The van der Waals surface area contributed by atoms with Gasteiger partial charge in [-0.1, -0.05) is 18.2 Å². The van der Waals surface area contributed by atoms with Crippen LogP contribution in [0.1, 0.15) is 0 Å². The monoisotopic (exact) mass is 262 g/mol. The minimum absolute atomic E-state index is 0.115. The highest BCUT2D eigenvalue weighted by Crippen LogP contribution is 2.29. The molecule has 0 radical (unpaired) electrons. The maximum absolute atomic E-state index is 11.6. The van der Waals surface area contributed by atoms with Gasteiger partial charge >= 0.3 is 0 Å². The summed E-state index contributed by atoms with van der Waals surface area (Å²) in [5.41, 5.74) is 1.37. The number of nitrogens with one attached hydrogen (secondary N) is 1. The Bertz CT molecular complexity index is 837. The number of rotatable bonds is 2. The fraction of sp³-hybridized carbons (Fsp3) is 0. The van der Waals surface area contributed by atoms with Crippen LogP contribution in [0.3, 0.4) is 0 Å². The Hall–Kier alpha value is -1.89. The van der Waals surface area contributed by atoms with Crippen molar-refractivity contribution in [3.63, 3.8) is 0 Å². The Morgan fingerprint density at radius 2 is 1.72 bits per heavy atom. The average molecular weight is 262 g/mol. The Kier molecular flexibility index (Phi) is 2.37. The summed E-state index contributed by atoms with van der Waals surface area (Å²) in [7, 11) is -3.65. The molecule has 0 unspecified atom stereocenters. The predicted octanol–water partition coefficient (Wildman–Crippen LogP) is 1.74. The molecule has 0 atom stereocenters. The summed E-state index contributed by atoms with van der Waals surface area (Å²) in [6.45, 7) is 0. The zero-order valence-electron chi connectivity index (χ0n) is 9.25. The average Bonchev–Trinajstić information content (AvgIpc) is 2.76. The third-order valence-electron chi connectivity index (χ3n) is 2.81. The molecule has 0 bridgehead atoms. The summed E-state index contributed by atoms with van der Waals surface area (Å²) in [4.78, 5) is 1.92. The van der Waals surface area contributed by atoms with Gasteiger partial charge in [-0.25, -0.2) is 8.42 Å². The van der Waals surface area contributed by atoms with Crippen molar-refractivity contribution in [2.45, 2.75) is 4.90 Å². The highest BCUT2D eigenvalue weighted by molar-refractivity contribution is 7.89. The molecule has 1 heterocycles. The van der Waals surface area contributed by atoms with Gasteiger partial charge < -0.3 is 4.42 Å². The van der Waals surface area contributed by atoms with Gasteiger partial charge in [0.15, 0.2) is 0 Å². The molecule has 1 aromatic heterocycles. The lowest BCUT2D eigenvalue weighted by Crippen LogP contribution is -2.30. The zero-order chi connectivity index (χ0) is 12.8. The molecule has 3 aromatic rings. The van der Waals surface area contributed by atoms with Gasteiger partial charge in [0.25, 0.3) is 10.0 Å².